The summed E-state index contributed by atoms with van der Waals surface area (Å²) in [5.74, 6) is -1.09. The zero-order valence-corrected chi connectivity index (χ0v) is 21.2. The fourth-order valence-electron chi connectivity index (χ4n) is 4.74. The molecule has 2 aliphatic heterocycles. The first-order valence-corrected chi connectivity index (χ1v) is 12.8. The molecule has 0 fully saturated rings. The van der Waals surface area contributed by atoms with Crippen LogP contribution < -0.4 is 21.1 Å². The third-order valence-electron chi connectivity index (χ3n) is 6.46. The third kappa shape index (κ3) is 3.98. The van der Waals surface area contributed by atoms with Crippen LogP contribution in [-0.4, -0.2) is 6.71 Å². The van der Waals surface area contributed by atoms with Crippen molar-refractivity contribution < 1.29 is 33.5 Å². The van der Waals surface area contributed by atoms with E-state index in [1.54, 1.807) is 0 Å². The molecule has 0 spiro atoms. The topological polar surface area (TPSA) is 33.0 Å². The van der Waals surface area contributed by atoms with Gasteiger partial charge >= 0.3 is 0 Å². The summed E-state index contributed by atoms with van der Waals surface area (Å²) >= 11 is 0.680. The minimum Gasteiger partial charge on any atom is -0.457 e. The second kappa shape index (κ2) is 9.59. The Hall–Kier alpha value is -4.98. The lowest BCUT2D eigenvalue weighted by atomic mass is 9.35. The number of hydrogen-bond donors (Lipinski definition) is 0. The van der Waals surface area contributed by atoms with Crippen molar-refractivity contribution >= 4 is 34.9 Å². The van der Waals surface area contributed by atoms with E-state index in [-0.39, 0.29) is 31.7 Å². The quantitative estimate of drug-likeness (QED) is 0.208. The van der Waals surface area contributed by atoms with Crippen LogP contribution in [0.25, 0.3) is 33.4 Å². The van der Waals surface area contributed by atoms with Gasteiger partial charge in [0, 0.05) is 9.79 Å². The van der Waals surface area contributed by atoms with Gasteiger partial charge in [0.2, 0.25) is 0 Å². The Morgan fingerprint density at radius 3 is 1.83 bits per heavy atom. The summed E-state index contributed by atoms with van der Waals surface area (Å²) < 4.78 is 189. The molecule has 2 heterocycles. The van der Waals surface area contributed by atoms with Gasteiger partial charge in [-0.15, -0.1) is 0 Å². The largest absolute Gasteiger partial charge is 0.457 e. The summed E-state index contributed by atoms with van der Waals surface area (Å²) in [6.07, 6.45) is 0. The van der Waals surface area contributed by atoms with Gasteiger partial charge in [-0.3, -0.25) is 0 Å². The zero-order valence-electron chi connectivity index (χ0n) is 41.4. The highest BCUT2D eigenvalue weighted by Gasteiger charge is 2.40. The second-order valence-electron chi connectivity index (χ2n) is 8.76. The molecule has 6 aromatic carbocycles. The Morgan fingerprint density at radius 2 is 1.20 bits per heavy atom. The number of nitrogens with zero attached hydrogens (tertiary/aromatic N) is 1. The lowest BCUT2D eigenvalue weighted by molar-refractivity contribution is 0.485. The number of hydrogen-bond acceptors (Lipinski definition) is 3. The Balaban J connectivity index is 1.59. The minimum atomic E-state index is -1.66. The molecule has 8 rings (SSSR count). The van der Waals surface area contributed by atoms with E-state index in [9.17, 15) is 12.1 Å². The van der Waals surface area contributed by atoms with Crippen LogP contribution >= 0.6 is 11.8 Å². The maximum Gasteiger partial charge on any atom is 0.253 e. The molecular formula is C37H22BNOS. The van der Waals surface area contributed by atoms with Crippen molar-refractivity contribution in [1.82, 2.24) is 0 Å². The van der Waals surface area contributed by atoms with Crippen molar-refractivity contribution in [3.05, 3.63) is 139 Å². The van der Waals surface area contributed by atoms with E-state index >= 15 is 0 Å². The van der Waals surface area contributed by atoms with E-state index < -0.39 is 178 Å². The average molecular weight is 561 g/mol. The van der Waals surface area contributed by atoms with Gasteiger partial charge in [0.15, 0.2) is 0 Å². The van der Waals surface area contributed by atoms with Gasteiger partial charge in [-0.1, -0.05) is 126 Å². The SMILES string of the molecule is [2H]c1cc(-c2c([2H])c([2H])c([2H])c([2H])c2[2H])c([2H])c2c1Sc1c([2H])c(-c3c([2H])c([2H])c([2H])c([2H])c3[2H])c([2H])c3c1B2c1c([2H])c(-c2c([2H])c([2H])c([2H])c([2H])c2[2H])c([2H])c(C#N)c1O3. The van der Waals surface area contributed by atoms with Gasteiger partial charge in [0.25, 0.3) is 6.71 Å². The molecule has 41 heavy (non-hydrogen) atoms. The molecule has 2 nitrogen and oxygen atoms in total. The Labute approximate surface area is 273 Å². The maximum atomic E-state index is 10.7. The molecule has 190 valence electrons. The normalized spacial score (nSPS) is 19.6. The van der Waals surface area contributed by atoms with E-state index in [2.05, 4.69) is 0 Å². The van der Waals surface area contributed by atoms with Crippen molar-refractivity contribution in [3.8, 4) is 50.9 Å². The first-order chi connectivity index (χ1) is 29.0. The van der Waals surface area contributed by atoms with Gasteiger partial charge in [-0.25, -0.2) is 0 Å². The number of benzene rings is 6. The number of rotatable bonds is 3. The van der Waals surface area contributed by atoms with Crippen molar-refractivity contribution in [2.75, 3.05) is 0 Å². The third-order valence-corrected chi connectivity index (χ3v) is 7.53. The van der Waals surface area contributed by atoms with Crippen LogP contribution in [0.5, 0.6) is 11.5 Å². The van der Waals surface area contributed by atoms with Crippen LogP contribution in [0.2, 0.25) is 0 Å². The molecular weight excluding hydrogens is 517 g/mol. The Kier molecular flexibility index (Phi) is 2.52. The number of fused-ring (bicyclic) bond motifs is 4. The van der Waals surface area contributed by atoms with Gasteiger partial charge in [0.05, 0.1) is 34.3 Å². The van der Waals surface area contributed by atoms with Gasteiger partial charge in [-0.05, 0) is 68.5 Å². The number of ether oxygens (including phenoxy) is 1. The molecule has 0 amide bonds. The molecule has 0 unspecified atom stereocenters. The van der Waals surface area contributed by atoms with Crippen molar-refractivity contribution in [3.63, 3.8) is 0 Å². The Bertz CT molecular complexity index is 3100. The zero-order chi connectivity index (χ0) is 45.6. The first kappa shape index (κ1) is 10.8. The van der Waals surface area contributed by atoms with Crippen molar-refractivity contribution in [1.29, 1.82) is 5.26 Å². The van der Waals surface area contributed by atoms with Gasteiger partial charge < -0.3 is 4.74 Å². The van der Waals surface area contributed by atoms with E-state index in [4.69, 9.17) is 26.7 Å². The summed E-state index contributed by atoms with van der Waals surface area (Å²) in [4.78, 5) is -0.264. The fraction of sp³-hybridized carbons (Fsp3) is 0. The molecule has 0 N–H and O–H groups in total. The summed E-state index contributed by atoms with van der Waals surface area (Å²) in [5.41, 5.74) is -4.58. The van der Waals surface area contributed by atoms with E-state index in [0.717, 1.165) is 6.07 Å². The van der Waals surface area contributed by atoms with Crippen LogP contribution in [0.4, 0.5) is 0 Å². The molecule has 0 saturated carbocycles. The molecule has 0 aliphatic carbocycles. The molecule has 0 radical (unpaired) electrons. The van der Waals surface area contributed by atoms with Crippen molar-refractivity contribution in [2.45, 2.75) is 9.79 Å². The minimum absolute atomic E-state index is 0.113. The average Bonchev–Trinajstić information content (AvgIpc) is 3.24. The molecule has 0 saturated heterocycles. The fourth-order valence-corrected chi connectivity index (χ4v) is 5.82. The van der Waals surface area contributed by atoms with E-state index in [1.807, 2.05) is 6.07 Å². The first-order valence-electron chi connectivity index (χ1n) is 22.5. The second-order valence-corrected chi connectivity index (χ2v) is 9.78. The molecule has 0 atom stereocenters. The standard InChI is InChI=1S/C37H22BNOS/c39-23-30-18-28(25-12-6-2-7-13-25)20-32-37(30)40-33-21-29(26-14-8-3-9-15-26)22-35-36(33)38(32)31-19-27(16-17-34(31)41-35)24-10-4-1-5-11-24/h1-22H/i1D,2D,3D,4D,5D,6D,7D,8D,9D,10D,11D,12D,13D,14D,15D,17D,18D,19D,20D,21D,22D. The van der Waals surface area contributed by atoms with Crippen LogP contribution in [0.1, 0.15) is 34.3 Å². The monoisotopic (exact) mass is 560 g/mol. The molecule has 2 aliphatic rings. The maximum absolute atomic E-state index is 10.7. The Morgan fingerprint density at radius 1 is 0.610 bits per heavy atom. The lowest BCUT2D eigenvalue weighted by Gasteiger charge is -2.34. The molecule has 4 heteroatoms. The van der Waals surface area contributed by atoms with Crippen LogP contribution in [0, 0.1) is 11.3 Å². The van der Waals surface area contributed by atoms with E-state index in [0.29, 0.717) is 11.8 Å². The van der Waals surface area contributed by atoms with Crippen LogP contribution in [0.3, 0.4) is 0 Å². The van der Waals surface area contributed by atoms with Crippen LogP contribution in [-0.2, 0) is 0 Å². The van der Waals surface area contributed by atoms with Gasteiger partial charge in [-0.2, -0.15) is 5.26 Å². The highest BCUT2D eigenvalue weighted by molar-refractivity contribution is 8.00. The highest BCUT2D eigenvalue weighted by Crippen LogP contribution is 2.41. The predicted molar refractivity (Wildman–Crippen MR) is 169 cm³/mol. The summed E-state index contributed by atoms with van der Waals surface area (Å²) in [7, 11) is 0. The predicted octanol–water partition coefficient (Wildman–Crippen LogP) is 7.65. The summed E-state index contributed by atoms with van der Waals surface area (Å²) in [6.45, 7) is -1.66. The highest BCUT2D eigenvalue weighted by atomic mass is 32.2. The number of nitriles is 1. The molecule has 0 bridgehead atoms. The summed E-state index contributed by atoms with van der Waals surface area (Å²) in [6, 6.07) is -12.7. The van der Waals surface area contributed by atoms with E-state index in [1.165, 1.54) is 0 Å². The van der Waals surface area contributed by atoms with Gasteiger partial charge in [0.1, 0.15) is 17.6 Å². The lowest BCUT2D eigenvalue weighted by Crippen LogP contribution is -2.58. The smallest absolute Gasteiger partial charge is 0.253 e. The summed E-state index contributed by atoms with van der Waals surface area (Å²) in [5, 5.41) is 10.7. The van der Waals surface area contributed by atoms with Crippen molar-refractivity contribution in [2.24, 2.45) is 0 Å². The molecule has 6 aromatic rings. The van der Waals surface area contributed by atoms with Crippen LogP contribution in [0.15, 0.2) is 143 Å². The molecule has 0 aromatic heterocycles.